The zero-order valence-electron chi connectivity index (χ0n) is 12.5. The maximum absolute atomic E-state index is 11.6. The second-order valence-corrected chi connectivity index (χ2v) is 5.34. The summed E-state index contributed by atoms with van der Waals surface area (Å²) in [5, 5.41) is 0. The predicted molar refractivity (Wildman–Crippen MR) is 91.9 cm³/mol. The number of guanidine groups is 1. The van der Waals surface area contributed by atoms with Crippen molar-refractivity contribution in [3.8, 4) is 0 Å². The minimum Gasteiger partial charge on any atom is -0.462 e. The quantitative estimate of drug-likeness (QED) is 0.244. The number of ether oxygens (including phenoxy) is 2. The van der Waals surface area contributed by atoms with E-state index in [0.717, 1.165) is 25.9 Å². The fourth-order valence-electron chi connectivity index (χ4n) is 2.56. The van der Waals surface area contributed by atoms with E-state index in [1.54, 1.807) is 0 Å². The number of aliphatic imine (C=N–C) groups is 1. The van der Waals surface area contributed by atoms with Gasteiger partial charge >= 0.3 is 5.97 Å². The van der Waals surface area contributed by atoms with Gasteiger partial charge in [-0.2, -0.15) is 0 Å². The maximum atomic E-state index is 11.6. The Morgan fingerprint density at radius 3 is 2.62 bits per heavy atom. The van der Waals surface area contributed by atoms with Crippen LogP contribution in [0.1, 0.15) is 38.5 Å². The van der Waals surface area contributed by atoms with Gasteiger partial charge in [-0.15, -0.1) is 24.0 Å². The molecule has 0 unspecified atom stereocenters. The monoisotopic (exact) mass is 411 g/mol. The minimum atomic E-state index is -0.1000. The van der Waals surface area contributed by atoms with E-state index >= 15 is 0 Å². The van der Waals surface area contributed by atoms with Gasteiger partial charge in [-0.1, -0.05) is 0 Å². The van der Waals surface area contributed by atoms with Gasteiger partial charge in [-0.25, -0.2) is 0 Å². The van der Waals surface area contributed by atoms with Crippen molar-refractivity contribution in [1.82, 2.24) is 4.90 Å². The third-order valence-corrected chi connectivity index (χ3v) is 3.75. The molecule has 1 aliphatic carbocycles. The highest BCUT2D eigenvalue weighted by molar-refractivity contribution is 14.0. The van der Waals surface area contributed by atoms with Gasteiger partial charge in [0.25, 0.3) is 0 Å². The molecule has 7 heteroatoms. The molecule has 2 fully saturated rings. The van der Waals surface area contributed by atoms with Crippen molar-refractivity contribution in [3.05, 3.63) is 0 Å². The van der Waals surface area contributed by atoms with Crippen LogP contribution in [0.2, 0.25) is 0 Å². The number of nitrogens with zero attached hydrogens (tertiary/aromatic N) is 2. The molecule has 0 aromatic heterocycles. The molecule has 1 aliphatic heterocycles. The number of carbonyl (C=O) groups is 1. The normalized spacial score (nSPS) is 20.2. The zero-order chi connectivity index (χ0) is 14.2. The van der Waals surface area contributed by atoms with Crippen LogP contribution in [-0.2, 0) is 14.3 Å². The van der Waals surface area contributed by atoms with Crippen molar-refractivity contribution in [2.45, 2.75) is 44.6 Å². The summed E-state index contributed by atoms with van der Waals surface area (Å²) in [6.45, 7) is 3.55. The smallest absolute Gasteiger partial charge is 0.306 e. The van der Waals surface area contributed by atoms with Gasteiger partial charge in [-0.3, -0.25) is 9.79 Å². The van der Waals surface area contributed by atoms with Crippen molar-refractivity contribution in [2.24, 2.45) is 10.7 Å². The molecule has 1 heterocycles. The summed E-state index contributed by atoms with van der Waals surface area (Å²) < 4.78 is 10.6. The highest BCUT2D eigenvalue weighted by Gasteiger charge is 2.18. The summed E-state index contributed by atoms with van der Waals surface area (Å²) >= 11 is 0. The van der Waals surface area contributed by atoms with Gasteiger partial charge in [0.1, 0.15) is 6.10 Å². The Hall–Kier alpha value is -0.570. The van der Waals surface area contributed by atoms with Crippen LogP contribution in [-0.4, -0.2) is 55.8 Å². The van der Waals surface area contributed by atoms with E-state index in [1.165, 1.54) is 12.8 Å². The SMILES string of the molecule is I.NC(=NCCCC(=O)OC1CCCC1)N1CCOCC1. The molecule has 0 spiro atoms. The highest BCUT2D eigenvalue weighted by atomic mass is 127. The summed E-state index contributed by atoms with van der Waals surface area (Å²) in [5.41, 5.74) is 5.90. The lowest BCUT2D eigenvalue weighted by Gasteiger charge is -2.27. The summed E-state index contributed by atoms with van der Waals surface area (Å²) in [6.07, 6.45) is 5.68. The van der Waals surface area contributed by atoms with Crippen LogP contribution in [0.3, 0.4) is 0 Å². The predicted octanol–water partition coefficient (Wildman–Crippen LogP) is 1.52. The van der Waals surface area contributed by atoms with E-state index in [9.17, 15) is 4.79 Å². The molecule has 0 bridgehead atoms. The van der Waals surface area contributed by atoms with Crippen molar-refractivity contribution >= 4 is 35.9 Å². The van der Waals surface area contributed by atoms with Crippen LogP contribution in [0.15, 0.2) is 4.99 Å². The largest absolute Gasteiger partial charge is 0.462 e. The molecular formula is C14H26IN3O3. The zero-order valence-corrected chi connectivity index (χ0v) is 14.8. The van der Waals surface area contributed by atoms with Gasteiger partial charge < -0.3 is 20.1 Å². The molecule has 122 valence electrons. The Morgan fingerprint density at radius 2 is 1.95 bits per heavy atom. The van der Waals surface area contributed by atoms with E-state index in [0.29, 0.717) is 38.6 Å². The lowest BCUT2D eigenvalue weighted by atomic mass is 10.3. The van der Waals surface area contributed by atoms with Gasteiger partial charge in [0.15, 0.2) is 5.96 Å². The molecule has 0 atom stereocenters. The number of hydrogen-bond donors (Lipinski definition) is 1. The second-order valence-electron chi connectivity index (χ2n) is 5.34. The number of rotatable bonds is 5. The lowest BCUT2D eigenvalue weighted by molar-refractivity contribution is -0.148. The molecule has 6 nitrogen and oxygen atoms in total. The Kier molecular flexibility index (Phi) is 8.98. The van der Waals surface area contributed by atoms with Crippen molar-refractivity contribution in [2.75, 3.05) is 32.8 Å². The molecule has 21 heavy (non-hydrogen) atoms. The lowest BCUT2D eigenvalue weighted by Crippen LogP contribution is -2.44. The molecule has 0 radical (unpaired) electrons. The third kappa shape index (κ3) is 6.82. The van der Waals surface area contributed by atoms with Crippen LogP contribution >= 0.6 is 24.0 Å². The standard InChI is InChI=1S/C14H25N3O3.HI/c15-14(17-8-10-19-11-9-17)16-7-3-6-13(18)20-12-4-1-2-5-12;/h12H,1-11H2,(H2,15,16);1H. The fourth-order valence-corrected chi connectivity index (χ4v) is 2.56. The number of morpholine rings is 1. The molecule has 1 saturated carbocycles. The van der Waals surface area contributed by atoms with Crippen molar-refractivity contribution < 1.29 is 14.3 Å². The first-order valence-corrected chi connectivity index (χ1v) is 7.58. The average Bonchev–Trinajstić information content (AvgIpc) is 2.97. The van der Waals surface area contributed by atoms with E-state index in [2.05, 4.69) is 4.99 Å². The number of nitrogens with two attached hydrogens (primary N) is 1. The Bertz CT molecular complexity index is 340. The molecule has 2 rings (SSSR count). The van der Waals surface area contributed by atoms with Gasteiger partial charge in [0, 0.05) is 26.1 Å². The number of halogens is 1. The second kappa shape index (κ2) is 10.2. The van der Waals surface area contributed by atoms with Crippen LogP contribution in [0.4, 0.5) is 0 Å². The molecule has 0 aromatic rings. The van der Waals surface area contributed by atoms with E-state index in [1.807, 2.05) is 4.90 Å². The number of carbonyl (C=O) groups excluding carboxylic acids is 1. The number of esters is 1. The fraction of sp³-hybridized carbons (Fsp3) is 0.857. The first-order valence-electron chi connectivity index (χ1n) is 7.58. The molecule has 2 aliphatic rings. The highest BCUT2D eigenvalue weighted by Crippen LogP contribution is 2.21. The maximum Gasteiger partial charge on any atom is 0.306 e. The molecule has 0 aromatic carbocycles. The van der Waals surface area contributed by atoms with Gasteiger partial charge in [0.2, 0.25) is 0 Å². The first-order chi connectivity index (χ1) is 9.75. The summed E-state index contributed by atoms with van der Waals surface area (Å²) in [7, 11) is 0. The van der Waals surface area contributed by atoms with E-state index < -0.39 is 0 Å². The van der Waals surface area contributed by atoms with Gasteiger partial charge in [-0.05, 0) is 32.1 Å². The van der Waals surface area contributed by atoms with Crippen LogP contribution in [0.5, 0.6) is 0 Å². The summed E-state index contributed by atoms with van der Waals surface area (Å²) in [5.74, 6) is 0.453. The Labute approximate surface area is 143 Å². The van der Waals surface area contributed by atoms with Gasteiger partial charge in [0.05, 0.1) is 13.2 Å². The Balaban J connectivity index is 0.00000220. The van der Waals surface area contributed by atoms with Crippen LogP contribution in [0, 0.1) is 0 Å². The van der Waals surface area contributed by atoms with E-state index in [4.69, 9.17) is 15.2 Å². The molecule has 2 N–H and O–H groups in total. The van der Waals surface area contributed by atoms with Crippen LogP contribution in [0.25, 0.3) is 0 Å². The Morgan fingerprint density at radius 1 is 1.29 bits per heavy atom. The topological polar surface area (TPSA) is 77.1 Å². The summed E-state index contributed by atoms with van der Waals surface area (Å²) in [6, 6.07) is 0. The minimum absolute atomic E-state index is 0. The third-order valence-electron chi connectivity index (χ3n) is 3.75. The molecular weight excluding hydrogens is 385 g/mol. The molecule has 0 amide bonds. The molecule has 1 saturated heterocycles. The number of hydrogen-bond acceptors (Lipinski definition) is 4. The summed E-state index contributed by atoms with van der Waals surface area (Å²) in [4.78, 5) is 17.9. The van der Waals surface area contributed by atoms with Crippen LogP contribution < -0.4 is 5.73 Å². The van der Waals surface area contributed by atoms with Crippen molar-refractivity contribution in [3.63, 3.8) is 0 Å². The van der Waals surface area contributed by atoms with Crippen molar-refractivity contribution in [1.29, 1.82) is 0 Å². The first kappa shape index (κ1) is 18.5. The average molecular weight is 411 g/mol. The van der Waals surface area contributed by atoms with E-state index in [-0.39, 0.29) is 36.0 Å².